The lowest BCUT2D eigenvalue weighted by atomic mass is 10.1. The van der Waals surface area contributed by atoms with Crippen LogP contribution in [0.15, 0.2) is 51.9 Å². The average Bonchev–Trinajstić information content (AvgIpc) is 3.39. The zero-order valence-corrected chi connectivity index (χ0v) is 20.4. The Morgan fingerprint density at radius 3 is 2.58 bits per heavy atom. The van der Waals surface area contributed by atoms with Gasteiger partial charge >= 0.3 is 0 Å². The highest BCUT2D eigenvalue weighted by Crippen LogP contribution is 2.32. The molecule has 0 saturated carbocycles. The van der Waals surface area contributed by atoms with Crippen LogP contribution in [-0.4, -0.2) is 45.2 Å². The van der Waals surface area contributed by atoms with E-state index in [1.54, 1.807) is 18.2 Å². The minimum absolute atomic E-state index is 0.102. The number of methoxy groups -OCH3 is 1. The van der Waals surface area contributed by atoms with E-state index in [1.807, 2.05) is 13.8 Å². The monoisotopic (exact) mass is 469 g/mol. The molecule has 33 heavy (non-hydrogen) atoms. The van der Waals surface area contributed by atoms with Gasteiger partial charge in [-0.1, -0.05) is 35.0 Å². The number of rotatable bonds is 8. The molecule has 0 amide bonds. The van der Waals surface area contributed by atoms with Crippen LogP contribution < -0.4 is 9.46 Å². The molecule has 1 aliphatic heterocycles. The SMILES string of the molecule is COc1ccc(-c2onc(C)c2C)cc1S(=O)(=O)NC[C@@H]1CCN(Cc2ccc(C)cc2)C1. The summed E-state index contributed by atoms with van der Waals surface area (Å²) < 4.78 is 40.0. The van der Waals surface area contributed by atoms with Crippen LogP contribution in [0.2, 0.25) is 0 Å². The molecule has 1 atom stereocenters. The minimum atomic E-state index is -3.76. The summed E-state index contributed by atoms with van der Waals surface area (Å²) in [5.41, 5.74) is 4.84. The van der Waals surface area contributed by atoms with Crippen LogP contribution in [0.25, 0.3) is 11.3 Å². The third-order valence-corrected chi connectivity index (χ3v) is 7.78. The van der Waals surface area contributed by atoms with Crippen molar-refractivity contribution in [2.75, 3.05) is 26.7 Å². The van der Waals surface area contributed by atoms with Crippen molar-refractivity contribution in [3.63, 3.8) is 0 Å². The third-order valence-electron chi connectivity index (χ3n) is 6.33. The summed E-state index contributed by atoms with van der Waals surface area (Å²) in [4.78, 5) is 2.48. The molecule has 8 heteroatoms. The van der Waals surface area contributed by atoms with Gasteiger partial charge in [0, 0.05) is 30.8 Å². The predicted molar refractivity (Wildman–Crippen MR) is 128 cm³/mol. The topological polar surface area (TPSA) is 84.7 Å². The Morgan fingerprint density at radius 2 is 1.91 bits per heavy atom. The first kappa shape index (κ1) is 23.5. The largest absolute Gasteiger partial charge is 0.495 e. The molecule has 1 N–H and O–H groups in total. The molecule has 1 aromatic heterocycles. The number of aryl methyl sites for hydroxylation is 2. The maximum atomic E-state index is 13.2. The number of likely N-dealkylation sites (tertiary alicyclic amines) is 1. The maximum Gasteiger partial charge on any atom is 0.244 e. The first-order valence-electron chi connectivity index (χ1n) is 11.2. The van der Waals surface area contributed by atoms with Crippen LogP contribution >= 0.6 is 0 Å². The van der Waals surface area contributed by atoms with Crippen molar-refractivity contribution in [3.8, 4) is 17.1 Å². The van der Waals surface area contributed by atoms with Crippen LogP contribution in [0.1, 0.15) is 28.8 Å². The normalized spacial score (nSPS) is 16.9. The highest BCUT2D eigenvalue weighted by molar-refractivity contribution is 7.89. The van der Waals surface area contributed by atoms with Crippen LogP contribution in [0.5, 0.6) is 5.75 Å². The maximum absolute atomic E-state index is 13.2. The van der Waals surface area contributed by atoms with Gasteiger partial charge in [0.15, 0.2) is 5.76 Å². The Morgan fingerprint density at radius 1 is 1.15 bits per heavy atom. The molecule has 0 spiro atoms. The molecule has 2 aromatic carbocycles. The second kappa shape index (κ2) is 9.67. The van der Waals surface area contributed by atoms with E-state index in [0.29, 0.717) is 23.6 Å². The van der Waals surface area contributed by atoms with Gasteiger partial charge in [0.25, 0.3) is 0 Å². The molecule has 0 unspecified atom stereocenters. The van der Waals surface area contributed by atoms with E-state index in [1.165, 1.54) is 18.2 Å². The van der Waals surface area contributed by atoms with E-state index in [4.69, 9.17) is 9.26 Å². The number of hydrogen-bond acceptors (Lipinski definition) is 6. The molecule has 1 fully saturated rings. The molecule has 1 saturated heterocycles. The van der Waals surface area contributed by atoms with Gasteiger partial charge in [0.05, 0.1) is 12.8 Å². The average molecular weight is 470 g/mol. The van der Waals surface area contributed by atoms with E-state index in [0.717, 1.165) is 37.3 Å². The van der Waals surface area contributed by atoms with E-state index >= 15 is 0 Å². The van der Waals surface area contributed by atoms with Gasteiger partial charge in [-0.3, -0.25) is 4.90 Å². The standard InChI is InChI=1S/C25H31N3O4S/c1-17-5-7-20(8-6-17)15-28-12-11-21(16-28)14-26-33(29,30)24-13-22(9-10-23(24)31-4)25-18(2)19(3)27-32-25/h5-10,13,21,26H,11-12,14-16H2,1-4H3/t21-/m0/s1. The summed E-state index contributed by atoms with van der Waals surface area (Å²) in [6.07, 6.45) is 0.960. The van der Waals surface area contributed by atoms with Crippen molar-refractivity contribution < 1.29 is 17.7 Å². The number of benzene rings is 2. The first-order valence-corrected chi connectivity index (χ1v) is 12.6. The number of ether oxygens (including phenoxy) is 1. The highest BCUT2D eigenvalue weighted by atomic mass is 32.2. The zero-order valence-electron chi connectivity index (χ0n) is 19.6. The fourth-order valence-corrected chi connectivity index (χ4v) is 5.50. The molecular weight excluding hydrogens is 438 g/mol. The first-order chi connectivity index (χ1) is 15.8. The fourth-order valence-electron chi connectivity index (χ4n) is 4.19. The van der Waals surface area contributed by atoms with Crippen molar-refractivity contribution in [1.29, 1.82) is 0 Å². The molecule has 0 radical (unpaired) electrons. The molecule has 4 rings (SSSR count). The molecule has 0 bridgehead atoms. The Labute approximate surface area is 195 Å². The van der Waals surface area contributed by atoms with Crippen molar-refractivity contribution in [2.45, 2.75) is 38.6 Å². The van der Waals surface area contributed by atoms with Gasteiger partial charge in [0.1, 0.15) is 10.6 Å². The van der Waals surface area contributed by atoms with Crippen LogP contribution in [-0.2, 0) is 16.6 Å². The Bertz CT molecular complexity index is 1220. The zero-order chi connectivity index (χ0) is 23.6. The molecule has 1 aliphatic rings. The van der Waals surface area contributed by atoms with Crippen molar-refractivity contribution in [2.24, 2.45) is 5.92 Å². The number of aromatic nitrogens is 1. The Kier molecular flexibility index (Phi) is 6.88. The number of nitrogens with zero attached hydrogens (tertiary/aromatic N) is 2. The second-order valence-corrected chi connectivity index (χ2v) is 10.6. The van der Waals surface area contributed by atoms with E-state index in [-0.39, 0.29) is 10.8 Å². The summed E-state index contributed by atoms with van der Waals surface area (Å²) in [7, 11) is -2.29. The number of nitrogens with one attached hydrogen (secondary N) is 1. The smallest absolute Gasteiger partial charge is 0.244 e. The Balaban J connectivity index is 1.44. The van der Waals surface area contributed by atoms with Crippen molar-refractivity contribution in [1.82, 2.24) is 14.8 Å². The van der Waals surface area contributed by atoms with Gasteiger partial charge < -0.3 is 9.26 Å². The molecular formula is C25H31N3O4S. The van der Waals surface area contributed by atoms with E-state index in [2.05, 4.69) is 46.0 Å². The lowest BCUT2D eigenvalue weighted by Crippen LogP contribution is -2.31. The summed E-state index contributed by atoms with van der Waals surface area (Å²) >= 11 is 0. The van der Waals surface area contributed by atoms with Crippen LogP contribution in [0, 0.1) is 26.7 Å². The van der Waals surface area contributed by atoms with Crippen molar-refractivity contribution in [3.05, 3.63) is 64.8 Å². The quantitative estimate of drug-likeness (QED) is 0.535. The summed E-state index contributed by atoms with van der Waals surface area (Å²) in [5, 5.41) is 3.98. The molecule has 0 aliphatic carbocycles. The number of hydrogen-bond donors (Lipinski definition) is 1. The molecule has 7 nitrogen and oxygen atoms in total. The number of sulfonamides is 1. The van der Waals surface area contributed by atoms with Gasteiger partial charge in [-0.2, -0.15) is 0 Å². The summed E-state index contributed by atoms with van der Waals surface area (Å²) in [6.45, 7) is 8.94. The Hall–Kier alpha value is -2.68. The third kappa shape index (κ3) is 5.29. The summed E-state index contributed by atoms with van der Waals surface area (Å²) in [6, 6.07) is 13.6. The van der Waals surface area contributed by atoms with E-state index in [9.17, 15) is 8.42 Å². The van der Waals surface area contributed by atoms with Crippen molar-refractivity contribution >= 4 is 10.0 Å². The lowest BCUT2D eigenvalue weighted by Gasteiger charge is -2.17. The van der Waals surface area contributed by atoms with Crippen LogP contribution in [0.3, 0.4) is 0 Å². The highest BCUT2D eigenvalue weighted by Gasteiger charge is 2.27. The second-order valence-electron chi connectivity index (χ2n) is 8.82. The lowest BCUT2D eigenvalue weighted by molar-refractivity contribution is 0.316. The molecule has 176 valence electrons. The molecule has 2 heterocycles. The van der Waals surface area contributed by atoms with Gasteiger partial charge in [-0.15, -0.1) is 0 Å². The van der Waals surface area contributed by atoms with Gasteiger partial charge in [-0.05, 0) is 63.4 Å². The summed E-state index contributed by atoms with van der Waals surface area (Å²) in [5.74, 6) is 1.13. The minimum Gasteiger partial charge on any atom is -0.495 e. The van der Waals surface area contributed by atoms with Gasteiger partial charge in [-0.25, -0.2) is 13.1 Å². The molecule has 3 aromatic rings. The fraction of sp³-hybridized carbons (Fsp3) is 0.400. The van der Waals surface area contributed by atoms with Gasteiger partial charge in [0.2, 0.25) is 10.0 Å². The van der Waals surface area contributed by atoms with E-state index < -0.39 is 10.0 Å². The van der Waals surface area contributed by atoms with Crippen LogP contribution in [0.4, 0.5) is 0 Å². The predicted octanol–water partition coefficient (Wildman–Crippen LogP) is 4.08.